The third kappa shape index (κ3) is 3.81. The molecule has 0 bridgehead atoms. The lowest BCUT2D eigenvalue weighted by Crippen LogP contribution is -2.24. The number of ether oxygens (including phenoxy) is 1. The second-order valence-electron chi connectivity index (χ2n) is 8.79. The maximum absolute atomic E-state index is 13.8. The molecule has 1 aromatic carbocycles. The monoisotopic (exact) mass is 471 g/mol. The van der Waals surface area contributed by atoms with Crippen LogP contribution in [0.25, 0.3) is 11.2 Å². The molecule has 1 atom stereocenters. The average Bonchev–Trinajstić information content (AvgIpc) is 3.33. The van der Waals surface area contributed by atoms with E-state index in [1.807, 2.05) is 29.8 Å². The Bertz CT molecular complexity index is 1400. The molecule has 0 spiro atoms. The van der Waals surface area contributed by atoms with Crippen molar-refractivity contribution in [3.8, 4) is 5.69 Å². The number of alkyl halides is 3. The van der Waals surface area contributed by atoms with E-state index in [1.54, 1.807) is 12.4 Å². The normalized spacial score (nSPS) is 15.6. The van der Waals surface area contributed by atoms with Crippen molar-refractivity contribution in [2.45, 2.75) is 38.0 Å². The summed E-state index contributed by atoms with van der Waals surface area (Å²) in [5.74, 6) is 1.23. The third-order valence-corrected chi connectivity index (χ3v) is 6.59. The van der Waals surface area contributed by atoms with Crippen molar-refractivity contribution < 1.29 is 17.9 Å². The van der Waals surface area contributed by atoms with Crippen molar-refractivity contribution in [1.82, 2.24) is 23.7 Å². The fraction of sp³-hybridized carbons (Fsp3) is 0.375. The number of aromatic nitrogens is 5. The maximum atomic E-state index is 13.8. The lowest BCUT2D eigenvalue weighted by atomic mass is 9.72. The lowest BCUT2D eigenvalue weighted by Gasteiger charge is -2.33. The van der Waals surface area contributed by atoms with Crippen LogP contribution in [0.5, 0.6) is 0 Å². The van der Waals surface area contributed by atoms with Gasteiger partial charge in [-0.15, -0.1) is 10.2 Å². The van der Waals surface area contributed by atoms with Crippen molar-refractivity contribution in [2.75, 3.05) is 7.11 Å². The highest BCUT2D eigenvalue weighted by molar-refractivity contribution is 5.58. The van der Waals surface area contributed by atoms with Gasteiger partial charge in [-0.2, -0.15) is 13.2 Å². The highest BCUT2D eigenvalue weighted by atomic mass is 19.4. The Balaban J connectivity index is 1.65. The van der Waals surface area contributed by atoms with E-state index in [9.17, 15) is 18.0 Å². The van der Waals surface area contributed by atoms with Gasteiger partial charge in [0.05, 0.1) is 23.4 Å². The summed E-state index contributed by atoms with van der Waals surface area (Å²) in [6.45, 7) is -0.0348. The summed E-state index contributed by atoms with van der Waals surface area (Å²) in [7, 11) is 3.29. The minimum absolute atomic E-state index is 0.00650. The maximum Gasteiger partial charge on any atom is 0.418 e. The van der Waals surface area contributed by atoms with Crippen LogP contribution in [0.1, 0.15) is 47.7 Å². The highest BCUT2D eigenvalue weighted by Gasteiger charge is 2.35. The number of fused-ring (bicyclic) bond motifs is 1. The molecule has 0 amide bonds. The van der Waals surface area contributed by atoms with E-state index in [1.165, 1.54) is 24.1 Å². The molecule has 0 aliphatic heterocycles. The topological polar surface area (TPSA) is 66.3 Å². The minimum atomic E-state index is -4.62. The zero-order chi connectivity index (χ0) is 24.0. The molecule has 4 aromatic rings. The summed E-state index contributed by atoms with van der Waals surface area (Å²) in [5, 5.41) is 8.35. The van der Waals surface area contributed by atoms with Gasteiger partial charge in [0, 0.05) is 32.5 Å². The fourth-order valence-electron chi connectivity index (χ4n) is 4.75. The van der Waals surface area contributed by atoms with E-state index < -0.39 is 17.4 Å². The first-order valence-corrected chi connectivity index (χ1v) is 11.0. The zero-order valence-corrected chi connectivity index (χ0v) is 18.8. The largest absolute Gasteiger partial charge is 0.418 e. The number of benzene rings is 1. The Morgan fingerprint density at radius 3 is 2.62 bits per heavy atom. The number of hydrogen-bond donors (Lipinski definition) is 0. The number of imidazole rings is 1. The van der Waals surface area contributed by atoms with Crippen molar-refractivity contribution >= 4 is 5.52 Å². The molecule has 3 heterocycles. The van der Waals surface area contributed by atoms with E-state index in [0.717, 1.165) is 41.1 Å². The van der Waals surface area contributed by atoms with Gasteiger partial charge in [0.15, 0.2) is 0 Å². The number of hydrogen-bond acceptors (Lipinski definition) is 4. The van der Waals surface area contributed by atoms with Crippen LogP contribution in [0.15, 0.2) is 53.8 Å². The number of pyridine rings is 1. The summed E-state index contributed by atoms with van der Waals surface area (Å²) in [4.78, 5) is 13.2. The first-order chi connectivity index (χ1) is 16.3. The molecule has 34 heavy (non-hydrogen) atoms. The van der Waals surface area contributed by atoms with E-state index in [-0.39, 0.29) is 23.6 Å². The molecular formula is C24H24F3N5O2. The van der Waals surface area contributed by atoms with Crippen LogP contribution in [-0.4, -0.2) is 30.8 Å². The predicted molar refractivity (Wildman–Crippen MR) is 119 cm³/mol. The minimum Gasteiger partial charge on any atom is -0.380 e. The number of methoxy groups -OCH3 is 1. The standard InChI is InChI=1S/C24H24F3N5O2/c1-30-14-28-29-22(30)21(16-5-3-6-16)17-7-4-8-18(10-17)31-12-20-19(24(25,26)27)9-15(13-34-2)11-32(20)23(31)33/h4,7-12,14,16,21H,3,5-6,13H2,1-2H3. The molecule has 1 saturated carbocycles. The smallest absolute Gasteiger partial charge is 0.380 e. The van der Waals surface area contributed by atoms with E-state index in [4.69, 9.17) is 4.74 Å². The summed E-state index contributed by atoms with van der Waals surface area (Å²) < 4.78 is 50.6. The second kappa shape index (κ2) is 8.43. The van der Waals surface area contributed by atoms with E-state index in [2.05, 4.69) is 10.2 Å². The molecule has 3 aromatic heterocycles. The third-order valence-electron chi connectivity index (χ3n) is 6.59. The van der Waals surface area contributed by atoms with E-state index in [0.29, 0.717) is 11.6 Å². The predicted octanol–water partition coefficient (Wildman–Crippen LogP) is 4.32. The van der Waals surface area contributed by atoms with Crippen LogP contribution in [0.4, 0.5) is 13.2 Å². The van der Waals surface area contributed by atoms with Crippen LogP contribution in [0.3, 0.4) is 0 Å². The molecule has 1 aliphatic rings. The number of halogens is 3. The molecule has 1 unspecified atom stereocenters. The summed E-state index contributed by atoms with van der Waals surface area (Å²) in [6, 6.07) is 8.41. The van der Waals surface area contributed by atoms with Crippen LogP contribution >= 0.6 is 0 Å². The van der Waals surface area contributed by atoms with E-state index >= 15 is 0 Å². The molecule has 1 aliphatic carbocycles. The Kier molecular flexibility index (Phi) is 5.55. The summed E-state index contributed by atoms with van der Waals surface area (Å²) in [5.41, 5.74) is 0.0699. The SMILES string of the molecule is COCc1cc(C(F)(F)F)c2cn(-c3cccc(C(c4nncn4C)C4CCC4)c3)c(=O)n2c1. The molecule has 0 saturated heterocycles. The van der Waals surface area contributed by atoms with Crippen LogP contribution in [0.2, 0.25) is 0 Å². The quantitative estimate of drug-likeness (QED) is 0.420. The van der Waals surface area contributed by atoms with Gasteiger partial charge < -0.3 is 9.30 Å². The van der Waals surface area contributed by atoms with Gasteiger partial charge >= 0.3 is 11.9 Å². The zero-order valence-electron chi connectivity index (χ0n) is 18.8. The van der Waals surface area contributed by atoms with Gasteiger partial charge in [0.25, 0.3) is 0 Å². The number of aryl methyl sites for hydroxylation is 1. The molecule has 0 radical (unpaired) electrons. The van der Waals surface area contributed by atoms with Gasteiger partial charge in [-0.1, -0.05) is 18.6 Å². The molecule has 178 valence electrons. The van der Waals surface area contributed by atoms with Crippen molar-refractivity contribution in [3.05, 3.63) is 82.1 Å². The Morgan fingerprint density at radius 2 is 2.00 bits per heavy atom. The molecule has 1 fully saturated rings. The highest BCUT2D eigenvalue weighted by Crippen LogP contribution is 2.43. The first-order valence-electron chi connectivity index (χ1n) is 11.0. The fourth-order valence-corrected chi connectivity index (χ4v) is 4.75. The van der Waals surface area contributed by atoms with Crippen molar-refractivity contribution in [3.63, 3.8) is 0 Å². The molecular weight excluding hydrogens is 447 g/mol. The first kappa shape index (κ1) is 22.4. The van der Waals surface area contributed by atoms with Gasteiger partial charge in [0.1, 0.15) is 12.2 Å². The Morgan fingerprint density at radius 1 is 1.21 bits per heavy atom. The number of nitrogens with zero attached hydrogens (tertiary/aromatic N) is 5. The van der Waals surface area contributed by atoms with Crippen LogP contribution in [0, 0.1) is 5.92 Å². The second-order valence-corrected chi connectivity index (χ2v) is 8.79. The van der Waals surface area contributed by atoms with Gasteiger partial charge in [-0.05, 0) is 48.1 Å². The molecule has 7 nitrogen and oxygen atoms in total. The molecule has 5 rings (SSSR count). The van der Waals surface area contributed by atoms with Gasteiger partial charge in [-0.25, -0.2) is 4.79 Å². The van der Waals surface area contributed by atoms with Gasteiger partial charge in [0.2, 0.25) is 0 Å². The summed E-state index contributed by atoms with van der Waals surface area (Å²) >= 11 is 0. The van der Waals surface area contributed by atoms with Crippen molar-refractivity contribution in [1.29, 1.82) is 0 Å². The molecule has 0 N–H and O–H groups in total. The Hall–Kier alpha value is -3.40. The van der Waals surface area contributed by atoms with Crippen molar-refractivity contribution in [2.24, 2.45) is 13.0 Å². The lowest BCUT2D eigenvalue weighted by molar-refractivity contribution is -0.136. The van der Waals surface area contributed by atoms with Crippen LogP contribution in [-0.2, 0) is 24.6 Å². The molecule has 10 heteroatoms. The summed E-state index contributed by atoms with van der Waals surface area (Å²) in [6.07, 6.45) is 2.97. The number of rotatable bonds is 6. The van der Waals surface area contributed by atoms with Crippen LogP contribution < -0.4 is 5.69 Å². The van der Waals surface area contributed by atoms with Gasteiger partial charge in [-0.3, -0.25) is 8.97 Å². The Labute approximate surface area is 193 Å². The average molecular weight is 471 g/mol.